The predicted molar refractivity (Wildman–Crippen MR) is 82.4 cm³/mol. The van der Waals surface area contributed by atoms with Crippen molar-refractivity contribution in [2.45, 2.75) is 6.92 Å². The fraction of sp³-hybridized carbons (Fsp3) is 0.0588. The van der Waals surface area contributed by atoms with Gasteiger partial charge in [0.05, 0.1) is 10.4 Å². The zero-order chi connectivity index (χ0) is 13.9. The lowest BCUT2D eigenvalue weighted by Crippen LogP contribution is -1.86. The van der Waals surface area contributed by atoms with Crippen LogP contribution in [0.2, 0.25) is 0 Å². The van der Waals surface area contributed by atoms with E-state index >= 15 is 0 Å². The van der Waals surface area contributed by atoms with Crippen LogP contribution in [0.3, 0.4) is 0 Å². The largest absolute Gasteiger partial charge is 0.192 e. The number of nitrogens with zero attached hydrogens (tertiary/aromatic N) is 2. The average Bonchev–Trinajstić information content (AvgIpc) is 2.92. The van der Waals surface area contributed by atoms with E-state index in [0.717, 1.165) is 27.3 Å². The Morgan fingerprint density at radius 1 is 1.00 bits per heavy atom. The smallest absolute Gasteiger partial charge is 0.103 e. The van der Waals surface area contributed by atoms with Crippen LogP contribution in [0.1, 0.15) is 11.1 Å². The molecule has 3 heteroatoms. The lowest BCUT2D eigenvalue weighted by molar-refractivity contribution is 1.40. The number of hydrogen-bond donors (Lipinski definition) is 0. The second-order valence-corrected chi connectivity index (χ2v) is 5.30. The standard InChI is InChI=1S/C17H12N2S/c1-12-7-5-6-10-14(12)16-15(11-18)17(20-19-16)13-8-3-2-4-9-13/h2-10H,1H3. The number of rotatable bonds is 2. The second kappa shape index (κ2) is 5.28. The Bertz CT molecular complexity index is 782. The van der Waals surface area contributed by atoms with Gasteiger partial charge < -0.3 is 0 Å². The first kappa shape index (κ1) is 12.6. The van der Waals surface area contributed by atoms with Gasteiger partial charge >= 0.3 is 0 Å². The number of benzene rings is 2. The van der Waals surface area contributed by atoms with Crippen molar-refractivity contribution >= 4 is 11.5 Å². The topological polar surface area (TPSA) is 36.7 Å². The Morgan fingerprint density at radius 3 is 2.40 bits per heavy atom. The predicted octanol–water partition coefficient (Wildman–Crippen LogP) is 4.66. The Morgan fingerprint density at radius 2 is 1.70 bits per heavy atom. The third-order valence-electron chi connectivity index (χ3n) is 3.24. The highest BCUT2D eigenvalue weighted by atomic mass is 32.1. The highest BCUT2D eigenvalue weighted by Gasteiger charge is 2.17. The van der Waals surface area contributed by atoms with Crippen LogP contribution >= 0.6 is 11.5 Å². The van der Waals surface area contributed by atoms with E-state index in [-0.39, 0.29) is 0 Å². The molecule has 96 valence electrons. The first-order valence-corrected chi connectivity index (χ1v) is 7.10. The minimum Gasteiger partial charge on any atom is -0.192 e. The monoisotopic (exact) mass is 276 g/mol. The van der Waals surface area contributed by atoms with Crippen LogP contribution in [0.25, 0.3) is 21.7 Å². The maximum absolute atomic E-state index is 9.52. The number of aromatic nitrogens is 1. The molecule has 0 saturated carbocycles. The summed E-state index contributed by atoms with van der Waals surface area (Å²) in [5.74, 6) is 0. The van der Waals surface area contributed by atoms with Crippen molar-refractivity contribution in [3.8, 4) is 27.8 Å². The Balaban J connectivity index is 2.19. The molecule has 0 unspecified atom stereocenters. The summed E-state index contributed by atoms with van der Waals surface area (Å²) in [4.78, 5) is 0.936. The lowest BCUT2D eigenvalue weighted by atomic mass is 10.0. The van der Waals surface area contributed by atoms with Crippen LogP contribution in [-0.4, -0.2) is 4.37 Å². The van der Waals surface area contributed by atoms with Crippen molar-refractivity contribution in [3.05, 3.63) is 65.7 Å². The van der Waals surface area contributed by atoms with E-state index < -0.39 is 0 Å². The first-order chi connectivity index (χ1) is 9.81. The van der Waals surface area contributed by atoms with Gasteiger partial charge in [-0.2, -0.15) is 9.64 Å². The number of nitriles is 1. The van der Waals surface area contributed by atoms with Crippen LogP contribution in [0, 0.1) is 18.3 Å². The molecule has 0 aliphatic carbocycles. The summed E-state index contributed by atoms with van der Waals surface area (Å²) >= 11 is 1.38. The molecule has 0 aliphatic heterocycles. The van der Waals surface area contributed by atoms with Gasteiger partial charge in [-0.25, -0.2) is 0 Å². The SMILES string of the molecule is Cc1ccccc1-c1nsc(-c2ccccc2)c1C#N. The summed E-state index contributed by atoms with van der Waals surface area (Å²) in [6, 6.07) is 20.3. The van der Waals surface area contributed by atoms with Crippen LogP contribution in [-0.2, 0) is 0 Å². The molecule has 0 saturated heterocycles. The van der Waals surface area contributed by atoms with Crippen molar-refractivity contribution in [2.75, 3.05) is 0 Å². The van der Waals surface area contributed by atoms with Crippen molar-refractivity contribution in [1.29, 1.82) is 5.26 Å². The van der Waals surface area contributed by atoms with E-state index in [1.165, 1.54) is 11.5 Å². The summed E-state index contributed by atoms with van der Waals surface area (Å²) in [6.07, 6.45) is 0. The zero-order valence-corrected chi connectivity index (χ0v) is 11.8. The molecule has 0 fully saturated rings. The Labute approximate surface area is 122 Å². The molecular weight excluding hydrogens is 264 g/mol. The molecule has 0 spiro atoms. The van der Waals surface area contributed by atoms with Crippen molar-refractivity contribution in [3.63, 3.8) is 0 Å². The molecule has 0 bridgehead atoms. The van der Waals surface area contributed by atoms with Gasteiger partial charge in [-0.3, -0.25) is 0 Å². The summed E-state index contributed by atoms with van der Waals surface area (Å²) in [5.41, 5.74) is 4.66. The van der Waals surface area contributed by atoms with Gasteiger partial charge in [0.25, 0.3) is 0 Å². The lowest BCUT2D eigenvalue weighted by Gasteiger charge is -2.02. The van der Waals surface area contributed by atoms with Crippen LogP contribution < -0.4 is 0 Å². The van der Waals surface area contributed by atoms with Gasteiger partial charge in [-0.05, 0) is 29.6 Å². The summed E-state index contributed by atoms with van der Waals surface area (Å²) < 4.78 is 4.51. The van der Waals surface area contributed by atoms with Gasteiger partial charge in [-0.1, -0.05) is 54.6 Å². The fourth-order valence-electron chi connectivity index (χ4n) is 2.20. The summed E-state index contributed by atoms with van der Waals surface area (Å²) in [7, 11) is 0. The van der Waals surface area contributed by atoms with Crippen LogP contribution in [0.4, 0.5) is 0 Å². The molecule has 2 nitrogen and oxygen atoms in total. The third kappa shape index (κ3) is 2.11. The molecule has 1 aromatic heterocycles. The van der Waals surface area contributed by atoms with E-state index in [9.17, 15) is 5.26 Å². The average molecular weight is 276 g/mol. The zero-order valence-electron chi connectivity index (χ0n) is 11.0. The van der Waals surface area contributed by atoms with E-state index in [1.54, 1.807) is 0 Å². The van der Waals surface area contributed by atoms with E-state index in [1.807, 2.05) is 61.5 Å². The Hall–Kier alpha value is -2.44. The highest BCUT2D eigenvalue weighted by molar-refractivity contribution is 7.10. The molecule has 0 aliphatic rings. The first-order valence-electron chi connectivity index (χ1n) is 6.32. The van der Waals surface area contributed by atoms with Crippen molar-refractivity contribution < 1.29 is 0 Å². The Kier molecular flexibility index (Phi) is 3.32. The summed E-state index contributed by atoms with van der Waals surface area (Å²) in [6.45, 7) is 2.04. The molecule has 3 aromatic rings. The van der Waals surface area contributed by atoms with Crippen molar-refractivity contribution in [1.82, 2.24) is 4.37 Å². The van der Waals surface area contributed by atoms with Gasteiger partial charge in [0, 0.05) is 5.56 Å². The fourth-order valence-corrected chi connectivity index (χ4v) is 3.05. The van der Waals surface area contributed by atoms with E-state index in [0.29, 0.717) is 5.56 Å². The molecule has 3 rings (SSSR count). The molecule has 0 N–H and O–H groups in total. The molecular formula is C17H12N2S. The van der Waals surface area contributed by atoms with Crippen molar-refractivity contribution in [2.24, 2.45) is 0 Å². The molecule has 20 heavy (non-hydrogen) atoms. The van der Waals surface area contributed by atoms with Crippen LogP contribution in [0.15, 0.2) is 54.6 Å². The molecule has 0 amide bonds. The van der Waals surface area contributed by atoms with Gasteiger partial charge in [0.15, 0.2) is 0 Å². The molecule has 0 atom stereocenters. The maximum Gasteiger partial charge on any atom is 0.103 e. The number of aryl methyl sites for hydroxylation is 1. The van der Waals surface area contributed by atoms with Crippen LogP contribution in [0.5, 0.6) is 0 Å². The summed E-state index contributed by atoms with van der Waals surface area (Å²) in [5, 5.41) is 9.52. The highest BCUT2D eigenvalue weighted by Crippen LogP contribution is 2.35. The normalized spacial score (nSPS) is 10.2. The van der Waals surface area contributed by atoms with Gasteiger partial charge in [-0.15, -0.1) is 0 Å². The molecule has 0 radical (unpaired) electrons. The van der Waals surface area contributed by atoms with E-state index in [4.69, 9.17) is 0 Å². The minimum absolute atomic E-state index is 0.663. The number of hydrogen-bond acceptors (Lipinski definition) is 3. The third-order valence-corrected chi connectivity index (χ3v) is 4.14. The quantitative estimate of drug-likeness (QED) is 0.682. The molecule has 1 heterocycles. The molecule has 2 aromatic carbocycles. The van der Waals surface area contributed by atoms with Gasteiger partial charge in [0.1, 0.15) is 11.8 Å². The second-order valence-electron chi connectivity index (χ2n) is 4.53. The van der Waals surface area contributed by atoms with Gasteiger partial charge in [0.2, 0.25) is 0 Å². The van der Waals surface area contributed by atoms with E-state index in [2.05, 4.69) is 10.4 Å². The maximum atomic E-state index is 9.52. The minimum atomic E-state index is 0.663.